The SMILES string of the molecule is CC(NC(=O)N1CCN(c2ncccn2)CC1)C(=O)Nc1ccccc1Cl. The van der Waals surface area contributed by atoms with Gasteiger partial charge in [-0.1, -0.05) is 23.7 Å². The zero-order valence-electron chi connectivity index (χ0n) is 14.9. The lowest BCUT2D eigenvalue weighted by Crippen LogP contribution is -2.55. The fourth-order valence-corrected chi connectivity index (χ4v) is 2.89. The number of nitrogens with zero attached hydrogens (tertiary/aromatic N) is 4. The Kier molecular flexibility index (Phi) is 6.08. The first-order valence-corrected chi connectivity index (χ1v) is 9.05. The third-order valence-electron chi connectivity index (χ3n) is 4.27. The molecule has 2 aromatic rings. The van der Waals surface area contributed by atoms with Gasteiger partial charge in [0.25, 0.3) is 0 Å². The van der Waals surface area contributed by atoms with E-state index in [1.807, 2.05) is 4.90 Å². The molecule has 8 nitrogen and oxygen atoms in total. The lowest BCUT2D eigenvalue weighted by molar-refractivity contribution is -0.117. The van der Waals surface area contributed by atoms with E-state index in [-0.39, 0.29) is 11.9 Å². The third kappa shape index (κ3) is 4.85. The van der Waals surface area contributed by atoms with Crippen LogP contribution in [0.1, 0.15) is 6.92 Å². The number of hydrogen-bond acceptors (Lipinski definition) is 5. The van der Waals surface area contributed by atoms with Gasteiger partial charge in [0.1, 0.15) is 6.04 Å². The Labute approximate surface area is 162 Å². The summed E-state index contributed by atoms with van der Waals surface area (Å²) in [5.74, 6) is 0.331. The number of aromatic nitrogens is 2. The van der Waals surface area contributed by atoms with Crippen LogP contribution in [-0.2, 0) is 4.79 Å². The molecule has 1 atom stereocenters. The molecule has 0 bridgehead atoms. The number of benzene rings is 1. The maximum absolute atomic E-state index is 12.4. The fourth-order valence-electron chi connectivity index (χ4n) is 2.71. The van der Waals surface area contributed by atoms with Crippen LogP contribution in [0.15, 0.2) is 42.7 Å². The predicted molar refractivity (Wildman–Crippen MR) is 104 cm³/mol. The number of amides is 3. The molecule has 3 rings (SSSR count). The summed E-state index contributed by atoms with van der Waals surface area (Å²) in [7, 11) is 0. The van der Waals surface area contributed by atoms with Gasteiger partial charge in [0.2, 0.25) is 11.9 Å². The maximum atomic E-state index is 12.4. The summed E-state index contributed by atoms with van der Waals surface area (Å²) in [6.07, 6.45) is 3.39. The quantitative estimate of drug-likeness (QED) is 0.835. The minimum Gasteiger partial charge on any atom is -0.337 e. The standard InChI is InChI=1S/C18H21ClN6O2/c1-13(16(26)23-15-6-3-2-5-14(15)19)22-18(27)25-11-9-24(10-12-25)17-20-7-4-8-21-17/h2-8,13H,9-12H2,1H3,(H,22,27)(H,23,26). The Morgan fingerprint density at radius 3 is 2.41 bits per heavy atom. The van der Waals surface area contributed by atoms with Crippen molar-refractivity contribution in [1.29, 1.82) is 0 Å². The molecule has 9 heteroatoms. The normalized spacial score (nSPS) is 15.2. The molecular weight excluding hydrogens is 368 g/mol. The van der Waals surface area contributed by atoms with Crippen LogP contribution < -0.4 is 15.5 Å². The summed E-state index contributed by atoms with van der Waals surface area (Å²) in [6.45, 7) is 3.97. The summed E-state index contributed by atoms with van der Waals surface area (Å²) in [5.41, 5.74) is 0.516. The van der Waals surface area contributed by atoms with Crippen molar-refractivity contribution < 1.29 is 9.59 Å². The van der Waals surface area contributed by atoms with Crippen LogP contribution in [0, 0.1) is 0 Å². The lowest BCUT2D eigenvalue weighted by Gasteiger charge is -2.35. The Bertz CT molecular complexity index is 795. The van der Waals surface area contributed by atoms with Gasteiger partial charge in [-0.3, -0.25) is 4.79 Å². The van der Waals surface area contributed by atoms with Crippen molar-refractivity contribution in [3.8, 4) is 0 Å². The second-order valence-electron chi connectivity index (χ2n) is 6.16. The summed E-state index contributed by atoms with van der Waals surface area (Å²) in [6, 6.07) is 7.76. The van der Waals surface area contributed by atoms with E-state index in [1.165, 1.54) is 0 Å². The van der Waals surface area contributed by atoms with Gasteiger partial charge in [0.05, 0.1) is 10.7 Å². The van der Waals surface area contributed by atoms with Crippen molar-refractivity contribution in [3.63, 3.8) is 0 Å². The minimum absolute atomic E-state index is 0.273. The first-order chi connectivity index (χ1) is 13.0. The van der Waals surface area contributed by atoms with Crippen LogP contribution >= 0.6 is 11.6 Å². The fraction of sp³-hybridized carbons (Fsp3) is 0.333. The summed E-state index contributed by atoms with van der Waals surface area (Å²) >= 11 is 6.04. The molecule has 1 aliphatic rings. The van der Waals surface area contributed by atoms with E-state index in [9.17, 15) is 9.59 Å². The Balaban J connectivity index is 1.49. The van der Waals surface area contributed by atoms with Crippen LogP contribution in [-0.4, -0.2) is 59.0 Å². The molecule has 2 N–H and O–H groups in total. The van der Waals surface area contributed by atoms with E-state index in [4.69, 9.17) is 11.6 Å². The molecule has 3 amide bonds. The average Bonchev–Trinajstić information content (AvgIpc) is 2.70. The summed E-state index contributed by atoms with van der Waals surface area (Å²) in [4.78, 5) is 36.9. The topological polar surface area (TPSA) is 90.5 Å². The molecule has 2 heterocycles. The molecule has 27 heavy (non-hydrogen) atoms. The Morgan fingerprint density at radius 2 is 1.74 bits per heavy atom. The van der Waals surface area contributed by atoms with Crippen LogP contribution in [0.5, 0.6) is 0 Å². The van der Waals surface area contributed by atoms with Gasteiger partial charge in [0, 0.05) is 38.6 Å². The Morgan fingerprint density at radius 1 is 1.07 bits per heavy atom. The van der Waals surface area contributed by atoms with Gasteiger partial charge in [-0.15, -0.1) is 0 Å². The highest BCUT2D eigenvalue weighted by molar-refractivity contribution is 6.33. The van der Waals surface area contributed by atoms with Crippen molar-refractivity contribution in [1.82, 2.24) is 20.2 Å². The zero-order valence-corrected chi connectivity index (χ0v) is 15.7. The smallest absolute Gasteiger partial charge is 0.318 e. The van der Waals surface area contributed by atoms with E-state index >= 15 is 0 Å². The molecule has 1 aromatic carbocycles. The van der Waals surface area contributed by atoms with E-state index in [2.05, 4.69) is 20.6 Å². The lowest BCUT2D eigenvalue weighted by atomic mass is 10.2. The zero-order chi connectivity index (χ0) is 19.2. The van der Waals surface area contributed by atoms with Gasteiger partial charge in [-0.25, -0.2) is 14.8 Å². The molecule has 0 saturated carbocycles. The van der Waals surface area contributed by atoms with E-state index in [0.717, 1.165) is 0 Å². The number of para-hydroxylation sites is 1. The predicted octanol–water partition coefficient (Wildman–Crippen LogP) is 1.99. The first-order valence-electron chi connectivity index (χ1n) is 8.67. The van der Waals surface area contributed by atoms with Crippen LogP contribution in [0.4, 0.5) is 16.4 Å². The number of rotatable bonds is 4. The van der Waals surface area contributed by atoms with Gasteiger partial charge in [-0.2, -0.15) is 0 Å². The van der Waals surface area contributed by atoms with E-state index in [0.29, 0.717) is 42.8 Å². The third-order valence-corrected chi connectivity index (χ3v) is 4.60. The number of nitrogens with one attached hydrogen (secondary N) is 2. The second kappa shape index (κ2) is 8.68. The monoisotopic (exact) mass is 388 g/mol. The molecule has 1 aliphatic heterocycles. The minimum atomic E-state index is -0.691. The highest BCUT2D eigenvalue weighted by Gasteiger charge is 2.25. The number of halogens is 1. The van der Waals surface area contributed by atoms with Gasteiger partial charge < -0.3 is 20.4 Å². The molecule has 1 unspecified atom stereocenters. The summed E-state index contributed by atoms with van der Waals surface area (Å²) < 4.78 is 0. The van der Waals surface area contributed by atoms with Crippen molar-refractivity contribution >= 4 is 35.2 Å². The highest BCUT2D eigenvalue weighted by Crippen LogP contribution is 2.20. The molecule has 1 fully saturated rings. The summed E-state index contributed by atoms with van der Waals surface area (Å²) in [5, 5.41) is 5.89. The largest absolute Gasteiger partial charge is 0.337 e. The van der Waals surface area contributed by atoms with Gasteiger partial charge in [0.15, 0.2) is 0 Å². The van der Waals surface area contributed by atoms with Crippen LogP contribution in [0.25, 0.3) is 0 Å². The number of urea groups is 1. The number of piperazine rings is 1. The molecule has 1 saturated heterocycles. The second-order valence-corrected chi connectivity index (χ2v) is 6.57. The van der Waals surface area contributed by atoms with Gasteiger partial charge in [-0.05, 0) is 25.1 Å². The van der Waals surface area contributed by atoms with Crippen LogP contribution in [0.2, 0.25) is 5.02 Å². The van der Waals surface area contributed by atoms with Crippen molar-refractivity contribution in [2.24, 2.45) is 0 Å². The molecule has 142 valence electrons. The Hall–Kier alpha value is -2.87. The number of carbonyl (C=O) groups is 2. The van der Waals surface area contributed by atoms with Crippen molar-refractivity contribution in [2.75, 3.05) is 36.4 Å². The molecule has 0 aliphatic carbocycles. The van der Waals surface area contributed by atoms with E-state index in [1.54, 1.807) is 54.5 Å². The molecular formula is C18H21ClN6O2. The number of hydrogen-bond donors (Lipinski definition) is 2. The van der Waals surface area contributed by atoms with Crippen molar-refractivity contribution in [2.45, 2.75) is 13.0 Å². The highest BCUT2D eigenvalue weighted by atomic mass is 35.5. The van der Waals surface area contributed by atoms with Gasteiger partial charge >= 0.3 is 6.03 Å². The van der Waals surface area contributed by atoms with Crippen LogP contribution in [0.3, 0.4) is 0 Å². The average molecular weight is 389 g/mol. The van der Waals surface area contributed by atoms with Crippen molar-refractivity contribution in [3.05, 3.63) is 47.7 Å². The molecule has 1 aromatic heterocycles. The number of carbonyl (C=O) groups excluding carboxylic acids is 2. The van der Waals surface area contributed by atoms with E-state index < -0.39 is 6.04 Å². The maximum Gasteiger partial charge on any atom is 0.318 e. The first kappa shape index (κ1) is 18.9. The number of anilines is 2. The molecule has 0 spiro atoms. The molecule has 0 radical (unpaired) electrons.